The van der Waals surface area contributed by atoms with Crippen molar-refractivity contribution in [2.45, 2.75) is 12.8 Å². The van der Waals surface area contributed by atoms with Gasteiger partial charge in [0, 0.05) is 18.8 Å². The third-order valence-corrected chi connectivity index (χ3v) is 1.38. The second-order valence-electron chi connectivity index (χ2n) is 1.70. The molecule has 0 heterocycles. The number of thiocarbonyl (C=S) groups is 1. The lowest BCUT2D eigenvalue weighted by molar-refractivity contribution is -0.109. The van der Waals surface area contributed by atoms with Crippen LogP contribution in [-0.2, 0) is 9.59 Å². The highest BCUT2D eigenvalue weighted by atomic mass is 32.1. The maximum Gasteiger partial charge on any atom is 0.120 e. The number of carbonyl (C=O) groups excluding carboxylic acids is 2. The third-order valence-electron chi connectivity index (χ3n) is 0.990. The molecule has 0 saturated carbocycles. The maximum absolute atomic E-state index is 9.87. The average molecular weight is 144 g/mol. The van der Waals surface area contributed by atoms with Gasteiger partial charge in [0.05, 0.1) is 0 Å². The summed E-state index contributed by atoms with van der Waals surface area (Å²) < 4.78 is 0. The molecule has 0 aliphatic heterocycles. The molecule has 0 amide bonds. The lowest BCUT2D eigenvalue weighted by Gasteiger charge is -1.98. The van der Waals surface area contributed by atoms with Gasteiger partial charge in [-0.15, -0.1) is 0 Å². The minimum Gasteiger partial charge on any atom is -0.303 e. The minimum absolute atomic E-state index is 0.0324. The summed E-state index contributed by atoms with van der Waals surface area (Å²) in [6.07, 6.45) is 2.28. The summed E-state index contributed by atoms with van der Waals surface area (Å²) in [5.41, 5.74) is 0. The molecule has 0 aliphatic rings. The van der Waals surface area contributed by atoms with E-state index >= 15 is 0 Å². The Hall–Kier alpha value is -0.570. The van der Waals surface area contributed by atoms with Gasteiger partial charge in [0.2, 0.25) is 0 Å². The van der Waals surface area contributed by atoms with Crippen molar-refractivity contribution in [3.05, 3.63) is 0 Å². The fourth-order valence-electron chi connectivity index (χ4n) is 0.455. The highest BCUT2D eigenvalue weighted by molar-refractivity contribution is 7.79. The topological polar surface area (TPSA) is 34.1 Å². The van der Waals surface area contributed by atoms with Crippen molar-refractivity contribution in [2.75, 3.05) is 0 Å². The summed E-state index contributed by atoms with van der Waals surface area (Å²) in [5.74, 6) is -0.0324. The van der Waals surface area contributed by atoms with Gasteiger partial charge in [0.15, 0.2) is 0 Å². The van der Waals surface area contributed by atoms with E-state index in [1.807, 2.05) is 0 Å². The van der Waals surface area contributed by atoms with Gasteiger partial charge >= 0.3 is 0 Å². The molecule has 0 atom stereocenters. The van der Waals surface area contributed by atoms with Crippen molar-refractivity contribution in [3.8, 4) is 0 Å². The molecule has 0 aromatic carbocycles. The molecule has 0 aromatic heterocycles. The van der Waals surface area contributed by atoms with Crippen molar-refractivity contribution in [2.24, 2.45) is 5.92 Å². The van der Waals surface area contributed by atoms with Crippen molar-refractivity contribution < 1.29 is 9.59 Å². The molecule has 3 heteroatoms. The lowest BCUT2D eigenvalue weighted by Crippen LogP contribution is -2.01. The van der Waals surface area contributed by atoms with Gasteiger partial charge in [-0.25, -0.2) is 0 Å². The molecule has 0 saturated heterocycles. The van der Waals surface area contributed by atoms with Crippen LogP contribution in [0.3, 0.4) is 0 Å². The number of hydrogen-bond donors (Lipinski definition) is 0. The third kappa shape index (κ3) is 3.97. The van der Waals surface area contributed by atoms with Crippen LogP contribution in [0.5, 0.6) is 0 Å². The normalized spacial score (nSPS) is 9.00. The van der Waals surface area contributed by atoms with E-state index in [0.29, 0.717) is 12.8 Å². The fraction of sp³-hybridized carbons (Fsp3) is 0.500. The van der Waals surface area contributed by atoms with Crippen molar-refractivity contribution in [3.63, 3.8) is 0 Å². The summed E-state index contributed by atoms with van der Waals surface area (Å²) in [5, 5.41) is 1.46. The van der Waals surface area contributed by atoms with Crippen LogP contribution in [0, 0.1) is 5.92 Å². The van der Waals surface area contributed by atoms with E-state index in [0.717, 1.165) is 12.6 Å². The number of carbonyl (C=O) groups is 2. The lowest BCUT2D eigenvalue weighted by atomic mass is 10.1. The molecule has 0 unspecified atom stereocenters. The molecule has 0 aliphatic carbocycles. The van der Waals surface area contributed by atoms with Crippen LogP contribution in [0.4, 0.5) is 0 Å². The quantitative estimate of drug-likeness (QED) is 0.422. The molecule has 50 valence electrons. The highest BCUT2D eigenvalue weighted by Gasteiger charge is 2.00. The van der Waals surface area contributed by atoms with Crippen molar-refractivity contribution in [1.29, 1.82) is 0 Å². The summed E-state index contributed by atoms with van der Waals surface area (Å²) in [6, 6.07) is 0. The highest BCUT2D eigenvalue weighted by Crippen LogP contribution is 2.00. The van der Waals surface area contributed by atoms with Gasteiger partial charge < -0.3 is 9.59 Å². The van der Waals surface area contributed by atoms with Gasteiger partial charge in [0.1, 0.15) is 12.6 Å². The second kappa shape index (κ2) is 5.56. The van der Waals surface area contributed by atoms with Gasteiger partial charge in [-0.3, -0.25) is 0 Å². The zero-order valence-corrected chi connectivity index (χ0v) is 5.76. The van der Waals surface area contributed by atoms with E-state index in [4.69, 9.17) is 0 Å². The molecule has 9 heavy (non-hydrogen) atoms. The molecule has 0 spiro atoms. The van der Waals surface area contributed by atoms with Crippen LogP contribution in [0.1, 0.15) is 12.8 Å². The first-order valence-electron chi connectivity index (χ1n) is 2.67. The Bertz CT molecular complexity index is 102. The van der Waals surface area contributed by atoms with E-state index < -0.39 is 0 Å². The monoisotopic (exact) mass is 144 g/mol. The van der Waals surface area contributed by atoms with Gasteiger partial charge in [-0.05, 0) is 5.37 Å². The van der Waals surface area contributed by atoms with Crippen LogP contribution in [-0.4, -0.2) is 17.9 Å². The zero-order valence-electron chi connectivity index (χ0n) is 4.95. The summed E-state index contributed by atoms with van der Waals surface area (Å²) in [6.45, 7) is 0. The second-order valence-corrected chi connectivity index (χ2v) is 1.97. The molecule has 0 fully saturated rings. The first kappa shape index (κ1) is 8.43. The first-order valence-corrected chi connectivity index (χ1v) is 3.14. The largest absolute Gasteiger partial charge is 0.303 e. The SMILES string of the molecule is O=CCC(C=S)CC=O. The van der Waals surface area contributed by atoms with Crippen LogP contribution in [0.25, 0.3) is 0 Å². The number of aldehydes is 2. The van der Waals surface area contributed by atoms with E-state index in [-0.39, 0.29) is 5.92 Å². The van der Waals surface area contributed by atoms with Crippen molar-refractivity contribution >= 4 is 30.2 Å². The number of rotatable bonds is 5. The number of hydrogen-bond acceptors (Lipinski definition) is 3. The minimum atomic E-state index is -0.0324. The predicted molar refractivity (Wildman–Crippen MR) is 38.5 cm³/mol. The molecular formula is C6H8O2S. The summed E-state index contributed by atoms with van der Waals surface area (Å²) >= 11 is 4.56. The van der Waals surface area contributed by atoms with Crippen LogP contribution in [0.15, 0.2) is 0 Å². The Morgan fingerprint density at radius 3 is 1.89 bits per heavy atom. The van der Waals surface area contributed by atoms with Crippen LogP contribution < -0.4 is 0 Å². The Labute approximate surface area is 59.2 Å². The van der Waals surface area contributed by atoms with E-state index in [1.165, 1.54) is 5.37 Å². The molecular weight excluding hydrogens is 136 g/mol. The maximum atomic E-state index is 9.87. The van der Waals surface area contributed by atoms with E-state index in [2.05, 4.69) is 12.2 Å². The van der Waals surface area contributed by atoms with Crippen LogP contribution in [0.2, 0.25) is 0 Å². The van der Waals surface area contributed by atoms with Crippen LogP contribution >= 0.6 is 12.2 Å². The summed E-state index contributed by atoms with van der Waals surface area (Å²) in [7, 11) is 0. The average Bonchev–Trinajstić information content (AvgIpc) is 1.88. The molecule has 0 radical (unpaired) electrons. The molecule has 0 bridgehead atoms. The standard InChI is InChI=1S/C6H8O2S/c7-3-1-6(5-9)2-4-8/h3-6H,1-2H2. The predicted octanol–water partition coefficient (Wildman–Crippen LogP) is 0.780. The first-order chi connectivity index (χ1) is 4.35. The molecule has 2 nitrogen and oxygen atoms in total. The van der Waals surface area contributed by atoms with Crippen molar-refractivity contribution in [1.82, 2.24) is 0 Å². The smallest absolute Gasteiger partial charge is 0.120 e. The van der Waals surface area contributed by atoms with E-state index in [1.54, 1.807) is 0 Å². The Morgan fingerprint density at radius 2 is 1.67 bits per heavy atom. The molecule has 0 aromatic rings. The van der Waals surface area contributed by atoms with Gasteiger partial charge in [-0.2, -0.15) is 0 Å². The van der Waals surface area contributed by atoms with Gasteiger partial charge in [-0.1, -0.05) is 12.2 Å². The summed E-state index contributed by atoms with van der Waals surface area (Å²) in [4.78, 5) is 19.7. The Balaban J connectivity index is 3.51. The molecule has 0 rings (SSSR count). The Morgan fingerprint density at radius 1 is 1.22 bits per heavy atom. The molecule has 0 N–H and O–H groups in total. The zero-order chi connectivity index (χ0) is 7.11. The fourth-order valence-corrected chi connectivity index (χ4v) is 0.677. The van der Waals surface area contributed by atoms with E-state index in [9.17, 15) is 9.59 Å². The Kier molecular flexibility index (Phi) is 5.21. The van der Waals surface area contributed by atoms with Gasteiger partial charge in [0.25, 0.3) is 0 Å².